The van der Waals surface area contributed by atoms with Gasteiger partial charge >= 0.3 is 0 Å². The number of aliphatic hydroxyl groups is 1. The van der Waals surface area contributed by atoms with E-state index in [2.05, 4.69) is 10.6 Å². The second-order valence-corrected chi connectivity index (χ2v) is 9.43. The molecular weight excluding hydrogens is 548 g/mol. The monoisotopic (exact) mass is 584 g/mol. The number of benzene rings is 4. The number of nitrogens with one attached hydrogen (secondary N) is 3. The first kappa shape index (κ1) is 32.2. The number of anilines is 1. The molecule has 0 bridgehead atoms. The summed E-state index contributed by atoms with van der Waals surface area (Å²) >= 11 is 0. The van der Waals surface area contributed by atoms with Gasteiger partial charge in [-0.25, -0.2) is 0 Å². The number of nitrogen functional groups attached to an aromatic ring is 1. The van der Waals surface area contributed by atoms with E-state index in [1.54, 1.807) is 49.6 Å². The van der Waals surface area contributed by atoms with Gasteiger partial charge in [0.2, 0.25) is 5.91 Å². The predicted octanol–water partition coefficient (Wildman–Crippen LogP) is 4.65. The summed E-state index contributed by atoms with van der Waals surface area (Å²) in [5.41, 5.74) is 9.27. The molecule has 2 atom stereocenters. The molecule has 224 valence electrons. The van der Waals surface area contributed by atoms with E-state index < -0.39 is 18.1 Å². The van der Waals surface area contributed by atoms with Crippen molar-refractivity contribution < 1.29 is 29.3 Å². The lowest BCUT2D eigenvalue weighted by atomic mass is 10.0. The number of methoxy groups -OCH3 is 1. The van der Waals surface area contributed by atoms with Gasteiger partial charge in [0.15, 0.2) is 11.5 Å². The Hall–Kier alpha value is -5.35. The SMILES string of the molecule is CC(=O)O.COc1cc([C@@H](Nc2ccc(C(=N)N)cc2)C(=O)N[C@@H](CO)c2ccccc2)ccc1OCc1ccccc1. The van der Waals surface area contributed by atoms with E-state index in [4.69, 9.17) is 30.5 Å². The van der Waals surface area contributed by atoms with E-state index in [0.717, 1.165) is 18.1 Å². The fraction of sp³-hybridized carbons (Fsp3) is 0.182. The largest absolute Gasteiger partial charge is 0.493 e. The Morgan fingerprint density at radius 2 is 1.49 bits per heavy atom. The molecule has 1 amide bonds. The zero-order valence-corrected chi connectivity index (χ0v) is 24.0. The highest BCUT2D eigenvalue weighted by atomic mass is 16.5. The van der Waals surface area contributed by atoms with Gasteiger partial charge in [-0.05, 0) is 53.1 Å². The third-order valence-corrected chi connectivity index (χ3v) is 6.23. The van der Waals surface area contributed by atoms with Crippen LogP contribution in [0.15, 0.2) is 103 Å². The van der Waals surface area contributed by atoms with Crippen LogP contribution >= 0.6 is 0 Å². The number of carbonyl (C=O) groups is 2. The molecule has 0 aliphatic heterocycles. The number of amides is 1. The zero-order chi connectivity index (χ0) is 31.2. The quantitative estimate of drug-likeness (QED) is 0.103. The Kier molecular flexibility index (Phi) is 12.1. The molecule has 10 heteroatoms. The normalized spacial score (nSPS) is 11.6. The van der Waals surface area contributed by atoms with Gasteiger partial charge < -0.3 is 36.1 Å². The predicted molar refractivity (Wildman–Crippen MR) is 165 cm³/mol. The molecule has 0 fully saturated rings. The van der Waals surface area contributed by atoms with Gasteiger partial charge in [0.05, 0.1) is 19.8 Å². The molecular formula is C33H36N4O6. The van der Waals surface area contributed by atoms with Crippen molar-refractivity contribution in [3.05, 3.63) is 125 Å². The summed E-state index contributed by atoms with van der Waals surface area (Å²) in [6, 6.07) is 30.0. The van der Waals surface area contributed by atoms with Crippen LogP contribution in [-0.4, -0.2) is 41.6 Å². The molecule has 7 N–H and O–H groups in total. The van der Waals surface area contributed by atoms with E-state index in [-0.39, 0.29) is 18.3 Å². The molecule has 4 aromatic rings. The molecule has 43 heavy (non-hydrogen) atoms. The summed E-state index contributed by atoms with van der Waals surface area (Å²) in [7, 11) is 1.55. The molecule has 10 nitrogen and oxygen atoms in total. The minimum absolute atomic E-state index is 0.0414. The van der Waals surface area contributed by atoms with Crippen LogP contribution in [-0.2, 0) is 16.2 Å². The van der Waals surface area contributed by atoms with E-state index in [1.165, 1.54) is 0 Å². The van der Waals surface area contributed by atoms with Crippen LogP contribution in [0.4, 0.5) is 5.69 Å². The van der Waals surface area contributed by atoms with Gasteiger partial charge in [0.25, 0.3) is 5.97 Å². The second kappa shape index (κ2) is 16.2. The number of aliphatic carboxylic acids is 1. The topological polar surface area (TPSA) is 167 Å². The number of nitrogens with two attached hydrogens (primary N) is 1. The average Bonchev–Trinajstić information content (AvgIpc) is 3.02. The third kappa shape index (κ3) is 9.91. The van der Waals surface area contributed by atoms with E-state index >= 15 is 0 Å². The van der Waals surface area contributed by atoms with Crippen LogP contribution in [0, 0.1) is 5.41 Å². The number of rotatable bonds is 12. The molecule has 0 saturated heterocycles. The van der Waals surface area contributed by atoms with Crippen LogP contribution in [0.1, 0.15) is 41.3 Å². The van der Waals surface area contributed by atoms with Crippen LogP contribution in [0.3, 0.4) is 0 Å². The maximum absolute atomic E-state index is 13.7. The van der Waals surface area contributed by atoms with Gasteiger partial charge in [-0.15, -0.1) is 0 Å². The lowest BCUT2D eigenvalue weighted by Crippen LogP contribution is -2.37. The minimum atomic E-state index is -0.833. The molecule has 0 aromatic heterocycles. The van der Waals surface area contributed by atoms with Crippen molar-refractivity contribution >= 4 is 23.4 Å². The molecule has 0 radical (unpaired) electrons. The summed E-state index contributed by atoms with van der Waals surface area (Å²) < 4.78 is 11.6. The number of hydrogen-bond acceptors (Lipinski definition) is 7. The zero-order valence-electron chi connectivity index (χ0n) is 24.0. The molecule has 0 aliphatic rings. The number of carboxylic acids is 1. The van der Waals surface area contributed by atoms with Gasteiger partial charge in [-0.2, -0.15) is 0 Å². The molecule has 4 aromatic carbocycles. The van der Waals surface area contributed by atoms with Crippen LogP contribution in [0.25, 0.3) is 0 Å². The number of aliphatic hydroxyl groups excluding tert-OH is 1. The standard InChI is InChI=1S/C31H32N4O4.C2H4O2/c1-38-28-18-24(14-17-27(28)39-20-21-8-4-2-5-9-21)29(34-25-15-12-23(13-16-25)30(32)33)31(37)35-26(19-36)22-10-6-3-7-11-22;1-2(3)4/h2-18,26,29,34,36H,19-20H2,1H3,(H3,32,33)(H,35,37);1H3,(H,3,4)/t26-,29+;/m0./s1. The first-order valence-corrected chi connectivity index (χ1v) is 13.4. The molecule has 0 spiro atoms. The lowest BCUT2D eigenvalue weighted by Gasteiger charge is -2.24. The maximum Gasteiger partial charge on any atom is 0.300 e. The summed E-state index contributed by atoms with van der Waals surface area (Å²) in [5, 5.41) is 31.3. The van der Waals surface area contributed by atoms with E-state index in [9.17, 15) is 9.90 Å². The van der Waals surface area contributed by atoms with Crippen molar-refractivity contribution in [1.29, 1.82) is 5.41 Å². The number of carbonyl (C=O) groups excluding carboxylic acids is 1. The van der Waals surface area contributed by atoms with Crippen molar-refractivity contribution in [3.63, 3.8) is 0 Å². The highest BCUT2D eigenvalue weighted by Crippen LogP contribution is 2.33. The van der Waals surface area contributed by atoms with Crippen LogP contribution in [0.5, 0.6) is 11.5 Å². The molecule has 0 unspecified atom stereocenters. The van der Waals surface area contributed by atoms with Gasteiger partial charge in [0, 0.05) is 18.2 Å². The number of amidine groups is 1. The highest BCUT2D eigenvalue weighted by Gasteiger charge is 2.25. The third-order valence-electron chi connectivity index (χ3n) is 6.23. The van der Waals surface area contributed by atoms with Crippen molar-refractivity contribution in [2.24, 2.45) is 5.73 Å². The second-order valence-electron chi connectivity index (χ2n) is 9.43. The van der Waals surface area contributed by atoms with Crippen molar-refractivity contribution in [3.8, 4) is 11.5 Å². The Labute approximate surface area is 250 Å². The maximum atomic E-state index is 13.7. The Morgan fingerprint density at radius 1 is 0.884 bits per heavy atom. The smallest absolute Gasteiger partial charge is 0.300 e. The first-order chi connectivity index (χ1) is 20.7. The first-order valence-electron chi connectivity index (χ1n) is 13.4. The number of carboxylic acid groups (broad SMARTS) is 1. The van der Waals surface area contributed by atoms with Gasteiger partial charge in [-0.3, -0.25) is 15.0 Å². The van der Waals surface area contributed by atoms with Gasteiger partial charge in [0.1, 0.15) is 18.5 Å². The summed E-state index contributed by atoms with van der Waals surface area (Å²) in [4.78, 5) is 22.7. The van der Waals surface area contributed by atoms with E-state index in [1.807, 2.05) is 60.7 Å². The lowest BCUT2D eigenvalue weighted by molar-refractivity contribution is -0.134. The highest BCUT2D eigenvalue weighted by molar-refractivity contribution is 5.95. The Morgan fingerprint density at radius 3 is 2.05 bits per heavy atom. The molecule has 0 heterocycles. The molecule has 4 rings (SSSR count). The van der Waals surface area contributed by atoms with E-state index in [0.29, 0.717) is 34.9 Å². The van der Waals surface area contributed by atoms with Crippen LogP contribution in [0.2, 0.25) is 0 Å². The summed E-state index contributed by atoms with van der Waals surface area (Å²) in [5.74, 6) is -0.182. The summed E-state index contributed by atoms with van der Waals surface area (Å²) in [6.45, 7) is 1.20. The van der Waals surface area contributed by atoms with Gasteiger partial charge in [-0.1, -0.05) is 66.7 Å². The fourth-order valence-corrected chi connectivity index (χ4v) is 4.11. The molecule has 0 saturated carbocycles. The Bertz CT molecular complexity index is 1480. The average molecular weight is 585 g/mol. The minimum Gasteiger partial charge on any atom is -0.493 e. The fourth-order valence-electron chi connectivity index (χ4n) is 4.11. The Balaban J connectivity index is 0.00000119. The summed E-state index contributed by atoms with van der Waals surface area (Å²) in [6.07, 6.45) is 0. The number of ether oxygens (including phenoxy) is 2. The number of hydrogen-bond donors (Lipinski definition) is 6. The van der Waals surface area contributed by atoms with Crippen molar-refractivity contribution in [2.75, 3.05) is 19.0 Å². The molecule has 0 aliphatic carbocycles. The van der Waals surface area contributed by atoms with Crippen molar-refractivity contribution in [1.82, 2.24) is 5.32 Å². The van der Waals surface area contributed by atoms with Crippen LogP contribution < -0.4 is 25.8 Å². The van der Waals surface area contributed by atoms with Crippen molar-refractivity contribution in [2.45, 2.75) is 25.6 Å².